The third kappa shape index (κ3) is 2.84. The van der Waals surface area contributed by atoms with Gasteiger partial charge in [-0.05, 0) is 40.2 Å². The third-order valence-electron chi connectivity index (χ3n) is 2.89. The molecule has 7 heteroatoms. The average molecular weight is 333 g/mol. The van der Waals surface area contributed by atoms with Crippen molar-refractivity contribution in [2.45, 2.75) is 25.4 Å². The fourth-order valence-electron chi connectivity index (χ4n) is 1.98. The van der Waals surface area contributed by atoms with Crippen LogP contribution in [-0.4, -0.2) is 34.6 Å². The van der Waals surface area contributed by atoms with Crippen LogP contribution in [0.3, 0.4) is 0 Å². The van der Waals surface area contributed by atoms with E-state index >= 15 is 0 Å². The maximum absolute atomic E-state index is 11.9. The number of rotatable bonds is 3. The van der Waals surface area contributed by atoms with Gasteiger partial charge in [-0.25, -0.2) is 9.59 Å². The third-order valence-corrected chi connectivity index (χ3v) is 4.82. The smallest absolute Gasteiger partial charge is 0.326 e. The zero-order valence-electron chi connectivity index (χ0n) is 9.56. The Morgan fingerprint density at radius 1 is 1.61 bits per heavy atom. The number of urea groups is 1. The van der Waals surface area contributed by atoms with E-state index in [-0.39, 0.29) is 6.03 Å². The van der Waals surface area contributed by atoms with Gasteiger partial charge in [0.2, 0.25) is 0 Å². The van der Waals surface area contributed by atoms with E-state index in [0.29, 0.717) is 19.5 Å². The van der Waals surface area contributed by atoms with Crippen molar-refractivity contribution in [2.75, 3.05) is 6.54 Å². The highest BCUT2D eigenvalue weighted by Crippen LogP contribution is 2.23. The van der Waals surface area contributed by atoms with Crippen molar-refractivity contribution in [1.82, 2.24) is 10.2 Å². The quantitative estimate of drug-likeness (QED) is 0.892. The molecule has 0 radical (unpaired) electrons. The summed E-state index contributed by atoms with van der Waals surface area (Å²) in [7, 11) is 0. The molecule has 0 unspecified atom stereocenters. The van der Waals surface area contributed by atoms with Gasteiger partial charge in [-0.2, -0.15) is 0 Å². The van der Waals surface area contributed by atoms with Crippen LogP contribution < -0.4 is 5.32 Å². The van der Waals surface area contributed by atoms with Gasteiger partial charge in [-0.3, -0.25) is 0 Å². The molecule has 1 aromatic rings. The number of carboxylic acids is 1. The molecule has 0 aliphatic carbocycles. The van der Waals surface area contributed by atoms with E-state index < -0.39 is 12.0 Å². The maximum atomic E-state index is 11.9. The van der Waals surface area contributed by atoms with Crippen LogP contribution in [0.1, 0.15) is 17.7 Å². The van der Waals surface area contributed by atoms with E-state index in [4.69, 9.17) is 5.11 Å². The molecule has 1 fully saturated rings. The zero-order valence-corrected chi connectivity index (χ0v) is 12.0. The van der Waals surface area contributed by atoms with E-state index in [1.54, 1.807) is 11.3 Å². The van der Waals surface area contributed by atoms with Gasteiger partial charge in [0.1, 0.15) is 6.04 Å². The molecular weight excluding hydrogens is 320 g/mol. The summed E-state index contributed by atoms with van der Waals surface area (Å²) in [6.45, 7) is 0.925. The molecule has 0 spiro atoms. The van der Waals surface area contributed by atoms with Crippen molar-refractivity contribution in [3.63, 3.8) is 0 Å². The Labute approximate surface area is 117 Å². The van der Waals surface area contributed by atoms with Gasteiger partial charge < -0.3 is 15.3 Å². The summed E-state index contributed by atoms with van der Waals surface area (Å²) < 4.78 is 0.962. The molecular formula is C11H13BrN2O3S. The Bertz CT molecular complexity index is 463. The number of aliphatic carboxylic acids is 1. The van der Waals surface area contributed by atoms with Crippen molar-refractivity contribution in [1.29, 1.82) is 0 Å². The summed E-state index contributed by atoms with van der Waals surface area (Å²) in [5, 5.41) is 13.7. The highest BCUT2D eigenvalue weighted by molar-refractivity contribution is 9.10. The molecule has 98 valence electrons. The minimum Gasteiger partial charge on any atom is -0.480 e. The Balaban J connectivity index is 1.92. The number of halogens is 1. The molecule has 1 aliphatic rings. The summed E-state index contributed by atoms with van der Waals surface area (Å²) in [6, 6.07) is 0.930. The van der Waals surface area contributed by atoms with Crippen LogP contribution in [0.5, 0.6) is 0 Å². The van der Waals surface area contributed by atoms with Crippen LogP contribution in [-0.2, 0) is 11.3 Å². The number of carboxylic acid groups (broad SMARTS) is 1. The Morgan fingerprint density at radius 3 is 3.00 bits per heavy atom. The fraction of sp³-hybridized carbons (Fsp3) is 0.455. The maximum Gasteiger partial charge on any atom is 0.326 e. The highest BCUT2D eigenvalue weighted by Gasteiger charge is 2.33. The van der Waals surface area contributed by atoms with E-state index in [1.807, 2.05) is 11.4 Å². The van der Waals surface area contributed by atoms with Gasteiger partial charge in [0.05, 0.1) is 6.54 Å². The van der Waals surface area contributed by atoms with Crippen LogP contribution >= 0.6 is 27.3 Å². The molecule has 2 amide bonds. The van der Waals surface area contributed by atoms with Crippen LogP contribution in [0.15, 0.2) is 15.9 Å². The van der Waals surface area contributed by atoms with Crippen molar-refractivity contribution in [3.8, 4) is 0 Å². The number of hydrogen-bond donors (Lipinski definition) is 2. The highest BCUT2D eigenvalue weighted by atomic mass is 79.9. The number of thiophene rings is 1. The minimum absolute atomic E-state index is 0.305. The number of carbonyl (C=O) groups is 2. The normalized spacial score (nSPS) is 18.9. The molecule has 1 aromatic heterocycles. The molecule has 1 saturated heterocycles. The van der Waals surface area contributed by atoms with E-state index in [0.717, 1.165) is 15.8 Å². The fourth-order valence-corrected chi connectivity index (χ4v) is 3.41. The second-order valence-electron chi connectivity index (χ2n) is 4.04. The Hall–Kier alpha value is -1.08. The van der Waals surface area contributed by atoms with Crippen LogP contribution in [0.25, 0.3) is 0 Å². The molecule has 0 bridgehead atoms. The lowest BCUT2D eigenvalue weighted by Gasteiger charge is -2.21. The first-order chi connectivity index (χ1) is 8.59. The molecule has 5 nitrogen and oxygen atoms in total. The van der Waals surface area contributed by atoms with Gasteiger partial charge in [0.15, 0.2) is 0 Å². The van der Waals surface area contributed by atoms with E-state index in [1.165, 1.54) is 4.90 Å². The molecule has 0 aromatic carbocycles. The number of carbonyl (C=O) groups excluding carboxylic acids is 1. The van der Waals surface area contributed by atoms with Crippen molar-refractivity contribution >= 4 is 39.3 Å². The summed E-state index contributed by atoms with van der Waals surface area (Å²) in [5.74, 6) is -0.931. The van der Waals surface area contributed by atoms with E-state index in [9.17, 15) is 9.59 Å². The van der Waals surface area contributed by atoms with Crippen LogP contribution in [0.4, 0.5) is 4.79 Å². The second-order valence-corrected chi connectivity index (χ2v) is 5.90. The SMILES string of the molecule is O=C(O)[C@@H]1CCCN1C(=O)NCc1sccc1Br. The lowest BCUT2D eigenvalue weighted by Crippen LogP contribution is -2.45. The topological polar surface area (TPSA) is 69.6 Å². The number of nitrogens with zero attached hydrogens (tertiary/aromatic N) is 1. The Morgan fingerprint density at radius 2 is 2.39 bits per heavy atom. The van der Waals surface area contributed by atoms with Gasteiger partial charge in [0, 0.05) is 15.9 Å². The molecule has 18 heavy (non-hydrogen) atoms. The van der Waals surface area contributed by atoms with E-state index in [2.05, 4.69) is 21.2 Å². The number of hydrogen-bond acceptors (Lipinski definition) is 3. The summed E-state index contributed by atoms with van der Waals surface area (Å²) in [5.41, 5.74) is 0. The summed E-state index contributed by atoms with van der Waals surface area (Å²) in [6.07, 6.45) is 1.28. The first kappa shape index (κ1) is 13.4. The van der Waals surface area contributed by atoms with Gasteiger partial charge in [-0.1, -0.05) is 0 Å². The van der Waals surface area contributed by atoms with Gasteiger partial charge in [-0.15, -0.1) is 11.3 Å². The number of amides is 2. The lowest BCUT2D eigenvalue weighted by molar-refractivity contribution is -0.141. The van der Waals surface area contributed by atoms with Crippen LogP contribution in [0.2, 0.25) is 0 Å². The molecule has 1 aliphatic heterocycles. The average Bonchev–Trinajstić information content (AvgIpc) is 2.94. The van der Waals surface area contributed by atoms with Crippen molar-refractivity contribution < 1.29 is 14.7 Å². The molecule has 1 atom stereocenters. The lowest BCUT2D eigenvalue weighted by atomic mass is 10.2. The molecule has 2 N–H and O–H groups in total. The predicted molar refractivity (Wildman–Crippen MR) is 71.6 cm³/mol. The molecule has 0 saturated carbocycles. The first-order valence-electron chi connectivity index (χ1n) is 5.58. The summed E-state index contributed by atoms with van der Waals surface area (Å²) in [4.78, 5) is 25.3. The Kier molecular flexibility index (Phi) is 4.23. The van der Waals surface area contributed by atoms with Crippen molar-refractivity contribution in [3.05, 3.63) is 20.8 Å². The predicted octanol–water partition coefficient (Wildman–Crippen LogP) is 2.27. The van der Waals surface area contributed by atoms with Crippen LogP contribution in [0, 0.1) is 0 Å². The minimum atomic E-state index is -0.931. The van der Waals surface area contributed by atoms with Crippen molar-refractivity contribution in [2.24, 2.45) is 0 Å². The monoisotopic (exact) mass is 332 g/mol. The van der Waals surface area contributed by atoms with Gasteiger partial charge >= 0.3 is 12.0 Å². The van der Waals surface area contributed by atoms with Gasteiger partial charge in [0.25, 0.3) is 0 Å². The zero-order chi connectivity index (χ0) is 13.1. The molecule has 2 heterocycles. The standard InChI is InChI=1S/C11H13BrN2O3S/c12-7-3-5-18-9(7)6-13-11(17)14-4-1-2-8(14)10(15)16/h3,5,8H,1-2,4,6H2,(H,13,17)(H,15,16)/t8-/m0/s1. The second kappa shape index (κ2) is 5.71. The molecule has 2 rings (SSSR count). The summed E-state index contributed by atoms with van der Waals surface area (Å²) >= 11 is 4.93. The number of likely N-dealkylation sites (tertiary alicyclic amines) is 1. The largest absolute Gasteiger partial charge is 0.480 e. The first-order valence-corrected chi connectivity index (χ1v) is 7.26. The number of nitrogens with one attached hydrogen (secondary N) is 1.